The summed E-state index contributed by atoms with van der Waals surface area (Å²) in [6, 6.07) is 7.72. The first-order valence-electron chi connectivity index (χ1n) is 7.07. The van der Waals surface area contributed by atoms with Gasteiger partial charge < -0.3 is 15.0 Å². The number of hydrogen-bond acceptors (Lipinski definition) is 2. The summed E-state index contributed by atoms with van der Waals surface area (Å²) in [7, 11) is 0. The third kappa shape index (κ3) is 4.40. The van der Waals surface area contributed by atoms with Crippen LogP contribution in [0.4, 0.5) is 4.79 Å². The maximum atomic E-state index is 11.9. The number of hydrogen-bond donors (Lipinski definition) is 1. The molecule has 0 saturated carbocycles. The predicted octanol–water partition coefficient (Wildman–Crippen LogP) is 3.27. The van der Waals surface area contributed by atoms with E-state index >= 15 is 0 Å². The molecule has 1 N–H and O–H groups in total. The lowest BCUT2D eigenvalue weighted by Crippen LogP contribution is -2.45. The molecule has 0 spiro atoms. The van der Waals surface area contributed by atoms with Gasteiger partial charge >= 0.3 is 6.03 Å². The van der Waals surface area contributed by atoms with Crippen LogP contribution in [0.5, 0.6) is 5.75 Å². The van der Waals surface area contributed by atoms with Crippen molar-refractivity contribution in [2.24, 2.45) is 5.92 Å². The van der Waals surface area contributed by atoms with Crippen molar-refractivity contribution in [2.75, 3.05) is 26.2 Å². The largest absolute Gasteiger partial charge is 0.491 e. The molecule has 1 aliphatic rings. The Morgan fingerprint density at radius 3 is 2.80 bits per heavy atom. The Hall–Kier alpha value is -1.23. The second kappa shape index (κ2) is 7.53. The van der Waals surface area contributed by atoms with Crippen molar-refractivity contribution in [2.45, 2.75) is 19.8 Å². The maximum absolute atomic E-state index is 11.9. The normalized spacial score (nSPS) is 16.0. The van der Waals surface area contributed by atoms with Gasteiger partial charge in [-0.05, 0) is 46.8 Å². The Labute approximate surface area is 128 Å². The predicted molar refractivity (Wildman–Crippen MR) is 83.0 cm³/mol. The first-order valence-corrected chi connectivity index (χ1v) is 7.86. The van der Waals surface area contributed by atoms with Crippen LogP contribution >= 0.6 is 15.9 Å². The smallest absolute Gasteiger partial charge is 0.317 e. The molecule has 1 aromatic carbocycles. The molecule has 1 heterocycles. The van der Waals surface area contributed by atoms with E-state index in [0.717, 1.165) is 42.1 Å². The number of carbonyl (C=O) groups is 1. The first kappa shape index (κ1) is 15.2. The van der Waals surface area contributed by atoms with Crippen LogP contribution in [0.1, 0.15) is 19.8 Å². The molecule has 4 nitrogen and oxygen atoms in total. The highest BCUT2D eigenvalue weighted by Gasteiger charge is 2.19. The highest BCUT2D eigenvalue weighted by Crippen LogP contribution is 2.23. The second-order valence-corrected chi connectivity index (χ2v) is 6.03. The van der Waals surface area contributed by atoms with E-state index in [0.29, 0.717) is 13.2 Å². The molecule has 1 aliphatic heterocycles. The van der Waals surface area contributed by atoms with Crippen molar-refractivity contribution in [3.63, 3.8) is 0 Å². The Morgan fingerprint density at radius 1 is 1.40 bits per heavy atom. The topological polar surface area (TPSA) is 41.6 Å². The van der Waals surface area contributed by atoms with Crippen molar-refractivity contribution in [3.8, 4) is 5.75 Å². The number of likely N-dealkylation sites (tertiary alicyclic amines) is 1. The van der Waals surface area contributed by atoms with Crippen LogP contribution in [-0.4, -0.2) is 37.2 Å². The van der Waals surface area contributed by atoms with Gasteiger partial charge in [0.05, 0.1) is 11.0 Å². The number of urea groups is 1. The van der Waals surface area contributed by atoms with Crippen molar-refractivity contribution in [1.82, 2.24) is 10.2 Å². The fourth-order valence-electron chi connectivity index (χ4n) is 2.20. The molecule has 0 atom stereocenters. The van der Waals surface area contributed by atoms with Crippen LogP contribution in [0.15, 0.2) is 28.7 Å². The number of amides is 2. The highest BCUT2D eigenvalue weighted by molar-refractivity contribution is 9.10. The summed E-state index contributed by atoms with van der Waals surface area (Å²) < 4.78 is 6.54. The summed E-state index contributed by atoms with van der Waals surface area (Å²) in [5.74, 6) is 1.53. The molecule has 0 aliphatic carbocycles. The number of halogens is 1. The summed E-state index contributed by atoms with van der Waals surface area (Å²) >= 11 is 3.42. The second-order valence-electron chi connectivity index (χ2n) is 5.18. The van der Waals surface area contributed by atoms with E-state index in [9.17, 15) is 4.79 Å². The van der Waals surface area contributed by atoms with Crippen LogP contribution < -0.4 is 10.1 Å². The fourth-order valence-corrected chi connectivity index (χ4v) is 2.60. The monoisotopic (exact) mass is 340 g/mol. The minimum atomic E-state index is 0.0210. The third-order valence-electron chi connectivity index (χ3n) is 3.54. The van der Waals surface area contributed by atoms with E-state index < -0.39 is 0 Å². The van der Waals surface area contributed by atoms with Gasteiger partial charge in [-0.1, -0.05) is 19.1 Å². The average Bonchev–Trinajstić information content (AvgIpc) is 2.46. The van der Waals surface area contributed by atoms with Crippen LogP contribution in [0.25, 0.3) is 0 Å². The van der Waals surface area contributed by atoms with Crippen molar-refractivity contribution >= 4 is 22.0 Å². The average molecular weight is 341 g/mol. The number of piperidine rings is 1. The van der Waals surface area contributed by atoms with E-state index in [4.69, 9.17) is 4.74 Å². The zero-order chi connectivity index (χ0) is 14.4. The molecule has 20 heavy (non-hydrogen) atoms. The van der Waals surface area contributed by atoms with Crippen LogP contribution in [-0.2, 0) is 0 Å². The van der Waals surface area contributed by atoms with Gasteiger partial charge in [-0.25, -0.2) is 4.79 Å². The van der Waals surface area contributed by atoms with Gasteiger partial charge in [-0.3, -0.25) is 0 Å². The van der Waals surface area contributed by atoms with E-state index in [1.165, 1.54) is 0 Å². The van der Waals surface area contributed by atoms with Crippen LogP contribution in [0.2, 0.25) is 0 Å². The molecular formula is C15H21BrN2O2. The summed E-state index contributed by atoms with van der Waals surface area (Å²) in [5, 5.41) is 2.90. The van der Waals surface area contributed by atoms with Crippen molar-refractivity contribution in [1.29, 1.82) is 0 Å². The van der Waals surface area contributed by atoms with Gasteiger partial charge in [-0.15, -0.1) is 0 Å². The molecule has 2 amide bonds. The maximum Gasteiger partial charge on any atom is 0.317 e. The first-order chi connectivity index (χ1) is 9.66. The molecule has 2 rings (SSSR count). The third-order valence-corrected chi connectivity index (χ3v) is 4.20. The fraction of sp³-hybridized carbons (Fsp3) is 0.533. The summed E-state index contributed by atoms with van der Waals surface area (Å²) in [4.78, 5) is 13.8. The number of nitrogens with zero attached hydrogens (tertiary/aromatic N) is 1. The summed E-state index contributed by atoms with van der Waals surface area (Å²) in [5.41, 5.74) is 0. The molecule has 0 unspecified atom stereocenters. The Bertz CT molecular complexity index is 445. The van der Waals surface area contributed by atoms with Crippen LogP contribution in [0, 0.1) is 5.92 Å². The highest BCUT2D eigenvalue weighted by atomic mass is 79.9. The van der Waals surface area contributed by atoms with Gasteiger partial charge in [0.1, 0.15) is 12.4 Å². The van der Waals surface area contributed by atoms with E-state index in [-0.39, 0.29) is 6.03 Å². The minimum Gasteiger partial charge on any atom is -0.491 e. The van der Waals surface area contributed by atoms with Crippen molar-refractivity contribution in [3.05, 3.63) is 28.7 Å². The number of nitrogens with one attached hydrogen (secondary N) is 1. The Balaban J connectivity index is 1.66. The van der Waals surface area contributed by atoms with Gasteiger partial charge in [0, 0.05) is 13.1 Å². The summed E-state index contributed by atoms with van der Waals surface area (Å²) in [6.07, 6.45) is 2.20. The zero-order valence-corrected chi connectivity index (χ0v) is 13.4. The number of benzene rings is 1. The number of carbonyl (C=O) groups excluding carboxylic acids is 1. The molecule has 110 valence electrons. The van der Waals surface area contributed by atoms with Crippen molar-refractivity contribution < 1.29 is 9.53 Å². The van der Waals surface area contributed by atoms with Gasteiger partial charge in [0.25, 0.3) is 0 Å². The molecule has 0 bridgehead atoms. The quantitative estimate of drug-likeness (QED) is 0.854. The Morgan fingerprint density at radius 2 is 2.10 bits per heavy atom. The standard InChI is InChI=1S/C15H21BrN2O2/c1-12-6-9-18(10-7-12)15(19)17-8-11-20-14-5-3-2-4-13(14)16/h2-5,12H,6-11H2,1H3,(H,17,19). The lowest BCUT2D eigenvalue weighted by molar-refractivity contribution is 0.172. The minimum absolute atomic E-state index is 0.0210. The zero-order valence-electron chi connectivity index (χ0n) is 11.8. The number of rotatable bonds is 4. The van der Waals surface area contributed by atoms with Gasteiger partial charge in [0.15, 0.2) is 0 Å². The molecule has 5 heteroatoms. The molecule has 1 saturated heterocycles. The molecule has 1 fully saturated rings. The molecule has 0 radical (unpaired) electrons. The number of ether oxygens (including phenoxy) is 1. The molecule has 1 aromatic rings. The lowest BCUT2D eigenvalue weighted by Gasteiger charge is -2.30. The van der Waals surface area contributed by atoms with Gasteiger partial charge in [-0.2, -0.15) is 0 Å². The number of para-hydroxylation sites is 1. The van der Waals surface area contributed by atoms with E-state index in [2.05, 4.69) is 28.2 Å². The van der Waals surface area contributed by atoms with Gasteiger partial charge in [0.2, 0.25) is 0 Å². The molecular weight excluding hydrogens is 320 g/mol. The summed E-state index contributed by atoms with van der Waals surface area (Å²) in [6.45, 7) is 4.95. The SMILES string of the molecule is CC1CCN(C(=O)NCCOc2ccccc2Br)CC1. The lowest BCUT2D eigenvalue weighted by atomic mass is 10.00. The van der Waals surface area contributed by atoms with Crippen LogP contribution in [0.3, 0.4) is 0 Å². The molecule has 0 aromatic heterocycles. The van der Waals surface area contributed by atoms with E-state index in [1.807, 2.05) is 29.2 Å². The van der Waals surface area contributed by atoms with E-state index in [1.54, 1.807) is 0 Å². The Kier molecular flexibility index (Phi) is 5.71.